The highest BCUT2D eigenvalue weighted by molar-refractivity contribution is 8.18. The summed E-state index contributed by atoms with van der Waals surface area (Å²) in [5.74, 6) is -0.884. The number of amides is 4. The summed E-state index contributed by atoms with van der Waals surface area (Å²) < 4.78 is 12.7. The van der Waals surface area contributed by atoms with E-state index in [4.69, 9.17) is 9.47 Å². The van der Waals surface area contributed by atoms with E-state index in [-0.39, 0.29) is 35.9 Å². The molecule has 36 heavy (non-hydrogen) atoms. The van der Waals surface area contributed by atoms with Gasteiger partial charge in [0.1, 0.15) is 13.1 Å². The minimum atomic E-state index is -0.488. The summed E-state index contributed by atoms with van der Waals surface area (Å²) in [7, 11) is 0. The van der Waals surface area contributed by atoms with Crippen molar-refractivity contribution in [3.05, 3.63) is 40.9 Å². The summed E-state index contributed by atoms with van der Waals surface area (Å²) >= 11 is 0.820. The Kier molecular flexibility index (Phi) is 7.40. The lowest BCUT2D eigenvalue weighted by Gasteiger charge is -2.28. The molecule has 1 atom stereocenters. The van der Waals surface area contributed by atoms with Gasteiger partial charge in [-0.25, -0.2) is 0 Å². The van der Waals surface area contributed by atoms with E-state index < -0.39 is 11.1 Å². The van der Waals surface area contributed by atoms with Gasteiger partial charge in [-0.3, -0.25) is 24.1 Å². The highest BCUT2D eigenvalue weighted by atomic mass is 32.2. The average molecular weight is 513 g/mol. The van der Waals surface area contributed by atoms with Crippen LogP contribution < -0.4 is 5.32 Å². The third kappa shape index (κ3) is 5.32. The number of para-hydroxylation sites is 1. The lowest BCUT2D eigenvalue weighted by molar-refractivity contribution is -0.139. The normalized spacial score (nSPS) is 21.7. The molecule has 0 radical (unpaired) electrons. The van der Waals surface area contributed by atoms with Crippen LogP contribution in [-0.2, 0) is 30.4 Å². The first kappa shape index (κ1) is 24.5. The standard InChI is InChI=1S/C25H28N4O6S/c30-22(26-13-18-4-3-9-35-18)15-28-14-17(19-5-1-2-6-20(19)28)12-21-24(32)29(25(33)36-21)16-23(31)27-7-10-34-11-8-27/h1-2,5-6,12,14,18H,3-4,7-11,13,15-16H2,(H,26,30)/b21-12-/t18-/m0/s1. The van der Waals surface area contributed by atoms with Crippen LogP contribution in [0.1, 0.15) is 18.4 Å². The van der Waals surface area contributed by atoms with E-state index >= 15 is 0 Å². The first-order valence-corrected chi connectivity index (χ1v) is 12.9. The van der Waals surface area contributed by atoms with Gasteiger partial charge in [0.25, 0.3) is 11.1 Å². The van der Waals surface area contributed by atoms with Gasteiger partial charge < -0.3 is 24.3 Å². The zero-order valence-electron chi connectivity index (χ0n) is 19.8. The highest BCUT2D eigenvalue weighted by Gasteiger charge is 2.37. The average Bonchev–Trinajstić information content (AvgIpc) is 3.60. The summed E-state index contributed by atoms with van der Waals surface area (Å²) in [6.45, 7) is 2.86. The Morgan fingerprint density at radius 1 is 1.11 bits per heavy atom. The van der Waals surface area contributed by atoms with Crippen molar-refractivity contribution in [2.75, 3.05) is 46.0 Å². The van der Waals surface area contributed by atoms with Crippen molar-refractivity contribution in [3.63, 3.8) is 0 Å². The molecule has 1 N–H and O–H groups in total. The monoisotopic (exact) mass is 512 g/mol. The third-order valence-corrected chi connectivity index (χ3v) is 7.41. The molecule has 0 unspecified atom stereocenters. The van der Waals surface area contributed by atoms with Gasteiger partial charge in [0.15, 0.2) is 0 Å². The molecule has 5 rings (SSSR count). The first-order valence-electron chi connectivity index (χ1n) is 12.1. The Morgan fingerprint density at radius 2 is 1.92 bits per heavy atom. The van der Waals surface area contributed by atoms with Crippen molar-refractivity contribution in [1.29, 1.82) is 0 Å². The highest BCUT2D eigenvalue weighted by Crippen LogP contribution is 2.34. The van der Waals surface area contributed by atoms with Gasteiger partial charge in [0.2, 0.25) is 11.8 Å². The van der Waals surface area contributed by atoms with Gasteiger partial charge >= 0.3 is 0 Å². The van der Waals surface area contributed by atoms with Crippen LogP contribution in [0.15, 0.2) is 35.4 Å². The van der Waals surface area contributed by atoms with E-state index in [9.17, 15) is 19.2 Å². The maximum Gasteiger partial charge on any atom is 0.294 e. The number of hydrogen-bond acceptors (Lipinski definition) is 7. The molecule has 3 fully saturated rings. The van der Waals surface area contributed by atoms with Crippen LogP contribution >= 0.6 is 11.8 Å². The number of imide groups is 1. The molecule has 11 heteroatoms. The van der Waals surface area contributed by atoms with Crippen LogP contribution in [0.5, 0.6) is 0 Å². The number of hydrogen-bond donors (Lipinski definition) is 1. The summed E-state index contributed by atoms with van der Waals surface area (Å²) in [6.07, 6.45) is 5.50. The first-order chi connectivity index (χ1) is 17.5. The second-order valence-electron chi connectivity index (χ2n) is 8.93. The van der Waals surface area contributed by atoms with E-state index in [1.807, 2.05) is 35.0 Å². The lowest BCUT2D eigenvalue weighted by atomic mass is 10.1. The van der Waals surface area contributed by atoms with Crippen LogP contribution in [0, 0.1) is 0 Å². The van der Waals surface area contributed by atoms with Gasteiger partial charge in [-0.2, -0.15) is 0 Å². The molecule has 190 valence electrons. The van der Waals surface area contributed by atoms with Crippen molar-refractivity contribution in [1.82, 2.24) is 19.7 Å². The molecule has 3 saturated heterocycles. The quantitative estimate of drug-likeness (QED) is 0.564. The van der Waals surface area contributed by atoms with E-state index in [1.165, 1.54) is 0 Å². The summed E-state index contributed by atoms with van der Waals surface area (Å²) in [6, 6.07) is 7.59. The number of benzene rings is 1. The zero-order chi connectivity index (χ0) is 25.1. The maximum atomic E-state index is 13.0. The molecule has 0 bridgehead atoms. The van der Waals surface area contributed by atoms with E-state index in [0.29, 0.717) is 32.8 Å². The van der Waals surface area contributed by atoms with Crippen LogP contribution in [0.2, 0.25) is 0 Å². The SMILES string of the molecule is O=C(Cn1cc(/C=C2\SC(=O)N(CC(=O)N3CCOCC3)C2=O)c2ccccc21)NC[C@@H]1CCCO1. The molecule has 10 nitrogen and oxygen atoms in total. The smallest absolute Gasteiger partial charge is 0.294 e. The summed E-state index contributed by atoms with van der Waals surface area (Å²) in [5, 5.41) is 3.32. The number of nitrogens with zero attached hydrogens (tertiary/aromatic N) is 3. The number of fused-ring (bicyclic) bond motifs is 1. The molecule has 3 aliphatic rings. The Labute approximate surface area is 212 Å². The van der Waals surface area contributed by atoms with Gasteiger partial charge in [-0.1, -0.05) is 18.2 Å². The van der Waals surface area contributed by atoms with Crippen molar-refractivity contribution in [2.45, 2.75) is 25.5 Å². The molecule has 1 aromatic carbocycles. The summed E-state index contributed by atoms with van der Waals surface area (Å²) in [5.41, 5.74) is 1.57. The Hall–Kier alpha value is -3.15. The van der Waals surface area contributed by atoms with E-state index in [0.717, 1.165) is 52.6 Å². The fourth-order valence-corrected chi connectivity index (χ4v) is 5.42. The topological polar surface area (TPSA) is 110 Å². The molecule has 0 aliphatic carbocycles. The van der Waals surface area contributed by atoms with Gasteiger partial charge in [-0.05, 0) is 36.7 Å². The van der Waals surface area contributed by atoms with Gasteiger partial charge in [0.05, 0.1) is 24.2 Å². The predicted molar refractivity (Wildman–Crippen MR) is 134 cm³/mol. The minimum Gasteiger partial charge on any atom is -0.378 e. The molecule has 2 aromatic rings. The molecule has 0 spiro atoms. The van der Waals surface area contributed by atoms with Crippen LogP contribution in [0.3, 0.4) is 0 Å². The molecule has 4 heterocycles. The Bertz CT molecular complexity index is 1210. The van der Waals surface area contributed by atoms with Crippen molar-refractivity contribution >= 4 is 51.7 Å². The number of ether oxygens (including phenoxy) is 2. The lowest BCUT2D eigenvalue weighted by Crippen LogP contribution is -2.46. The predicted octanol–water partition coefficient (Wildman–Crippen LogP) is 1.83. The molecular formula is C25H28N4O6S. The summed E-state index contributed by atoms with van der Waals surface area (Å²) in [4.78, 5) is 53.6. The number of carbonyl (C=O) groups excluding carboxylic acids is 4. The second kappa shape index (κ2) is 10.9. The van der Waals surface area contributed by atoms with Crippen molar-refractivity contribution < 1.29 is 28.7 Å². The molecule has 1 aromatic heterocycles. The number of morpholine rings is 1. The van der Waals surface area contributed by atoms with E-state index in [2.05, 4.69) is 5.32 Å². The number of thioether (sulfide) groups is 1. The van der Waals surface area contributed by atoms with Crippen molar-refractivity contribution in [2.24, 2.45) is 0 Å². The largest absolute Gasteiger partial charge is 0.378 e. The molecular weight excluding hydrogens is 484 g/mol. The van der Waals surface area contributed by atoms with Crippen LogP contribution in [0.4, 0.5) is 4.79 Å². The number of aromatic nitrogens is 1. The fraction of sp³-hybridized carbons (Fsp3) is 0.440. The van der Waals surface area contributed by atoms with E-state index in [1.54, 1.807) is 11.0 Å². The minimum absolute atomic E-state index is 0.0664. The Morgan fingerprint density at radius 3 is 2.69 bits per heavy atom. The number of nitrogens with one attached hydrogen (secondary N) is 1. The number of carbonyl (C=O) groups is 4. The fourth-order valence-electron chi connectivity index (χ4n) is 4.59. The maximum absolute atomic E-state index is 13.0. The van der Waals surface area contributed by atoms with Crippen LogP contribution in [-0.4, -0.2) is 89.4 Å². The van der Waals surface area contributed by atoms with Crippen LogP contribution in [0.25, 0.3) is 17.0 Å². The molecule has 3 aliphatic heterocycles. The molecule has 4 amide bonds. The second-order valence-corrected chi connectivity index (χ2v) is 9.92. The Balaban J connectivity index is 1.30. The third-order valence-electron chi connectivity index (χ3n) is 6.50. The zero-order valence-corrected chi connectivity index (χ0v) is 20.6. The molecule has 0 saturated carbocycles. The number of rotatable bonds is 7. The van der Waals surface area contributed by atoms with Gasteiger partial charge in [-0.15, -0.1) is 0 Å². The van der Waals surface area contributed by atoms with Gasteiger partial charge in [0, 0.05) is 48.9 Å². The van der Waals surface area contributed by atoms with Crippen molar-refractivity contribution in [3.8, 4) is 0 Å².